The van der Waals surface area contributed by atoms with Crippen molar-refractivity contribution in [2.45, 2.75) is 13.0 Å². The molecule has 1 aromatic heterocycles. The Labute approximate surface area is 110 Å². The molecule has 0 radical (unpaired) electrons. The number of nitrogens with zero attached hydrogens (tertiary/aromatic N) is 2. The lowest BCUT2D eigenvalue weighted by Gasteiger charge is -2.05. The molecular weight excluding hydrogens is 244 g/mol. The first kappa shape index (κ1) is 13.0. The molecule has 0 amide bonds. The van der Waals surface area contributed by atoms with Gasteiger partial charge in [0, 0.05) is 12.3 Å². The molecule has 0 aliphatic carbocycles. The molecule has 0 N–H and O–H groups in total. The highest BCUT2D eigenvalue weighted by molar-refractivity contribution is 5.72. The molecule has 0 saturated carbocycles. The summed E-state index contributed by atoms with van der Waals surface area (Å²) in [6.07, 6.45) is 3.23. The molecule has 0 unspecified atom stereocenters. The summed E-state index contributed by atoms with van der Waals surface area (Å²) in [5, 5.41) is 0. The summed E-state index contributed by atoms with van der Waals surface area (Å²) in [4.78, 5) is 26.6. The standard InChI is InChI=1S/C14H14N2O3/c1-19-14(18)8-11-2-4-12(5-3-11)9-16-10-15-7-6-13(16)17/h2-7,10H,8-9H2,1H3. The molecule has 2 rings (SSSR count). The highest BCUT2D eigenvalue weighted by atomic mass is 16.5. The second-order valence-corrected chi connectivity index (χ2v) is 4.12. The van der Waals surface area contributed by atoms with Crippen molar-refractivity contribution >= 4 is 5.97 Å². The minimum Gasteiger partial charge on any atom is -0.469 e. The van der Waals surface area contributed by atoms with Gasteiger partial charge in [-0.2, -0.15) is 0 Å². The lowest BCUT2D eigenvalue weighted by molar-refractivity contribution is -0.139. The van der Waals surface area contributed by atoms with E-state index in [1.54, 1.807) is 0 Å². The summed E-state index contributed by atoms with van der Waals surface area (Å²) in [6.45, 7) is 0.463. The monoisotopic (exact) mass is 258 g/mol. The zero-order valence-electron chi connectivity index (χ0n) is 10.6. The van der Waals surface area contributed by atoms with Crippen LogP contribution in [0.3, 0.4) is 0 Å². The molecule has 19 heavy (non-hydrogen) atoms. The normalized spacial score (nSPS) is 10.2. The van der Waals surface area contributed by atoms with E-state index in [1.807, 2.05) is 24.3 Å². The van der Waals surface area contributed by atoms with Gasteiger partial charge in [-0.1, -0.05) is 24.3 Å². The van der Waals surface area contributed by atoms with Crippen LogP contribution in [0.15, 0.2) is 47.7 Å². The van der Waals surface area contributed by atoms with Crippen LogP contribution in [0.5, 0.6) is 0 Å². The number of ether oxygens (including phenoxy) is 1. The Morgan fingerprint density at radius 1 is 1.21 bits per heavy atom. The van der Waals surface area contributed by atoms with E-state index in [-0.39, 0.29) is 17.9 Å². The van der Waals surface area contributed by atoms with E-state index in [1.165, 1.54) is 30.3 Å². The van der Waals surface area contributed by atoms with Crippen LogP contribution in [0.25, 0.3) is 0 Å². The summed E-state index contributed by atoms with van der Waals surface area (Å²) >= 11 is 0. The fraction of sp³-hybridized carbons (Fsp3) is 0.214. The molecule has 1 aromatic carbocycles. The quantitative estimate of drug-likeness (QED) is 0.768. The Balaban J connectivity index is 2.09. The molecule has 98 valence electrons. The van der Waals surface area contributed by atoms with Crippen molar-refractivity contribution in [3.8, 4) is 0 Å². The fourth-order valence-corrected chi connectivity index (χ4v) is 1.70. The lowest BCUT2D eigenvalue weighted by Crippen LogP contribution is -2.19. The molecule has 0 fully saturated rings. The SMILES string of the molecule is COC(=O)Cc1ccc(Cn2cnccc2=O)cc1. The molecule has 0 spiro atoms. The first-order valence-electron chi connectivity index (χ1n) is 5.84. The van der Waals surface area contributed by atoms with Gasteiger partial charge in [0.1, 0.15) is 0 Å². The molecule has 0 saturated heterocycles. The largest absolute Gasteiger partial charge is 0.469 e. The number of carbonyl (C=O) groups excluding carboxylic acids is 1. The van der Waals surface area contributed by atoms with Gasteiger partial charge in [-0.3, -0.25) is 14.2 Å². The molecule has 1 heterocycles. The number of esters is 1. The Hall–Kier alpha value is -2.43. The third kappa shape index (κ3) is 3.51. The van der Waals surface area contributed by atoms with Crippen molar-refractivity contribution in [3.63, 3.8) is 0 Å². The smallest absolute Gasteiger partial charge is 0.309 e. The lowest BCUT2D eigenvalue weighted by atomic mass is 10.1. The number of methoxy groups -OCH3 is 1. The average Bonchev–Trinajstić information content (AvgIpc) is 2.43. The van der Waals surface area contributed by atoms with Crippen LogP contribution in [0.4, 0.5) is 0 Å². The maximum absolute atomic E-state index is 11.5. The van der Waals surface area contributed by atoms with Crippen molar-refractivity contribution in [3.05, 3.63) is 64.3 Å². The van der Waals surface area contributed by atoms with Gasteiger partial charge in [-0.25, -0.2) is 4.98 Å². The summed E-state index contributed by atoms with van der Waals surface area (Å²) in [6, 6.07) is 8.91. The number of benzene rings is 1. The van der Waals surface area contributed by atoms with Crippen molar-refractivity contribution in [2.75, 3.05) is 7.11 Å². The molecular formula is C14H14N2O3. The predicted molar refractivity (Wildman–Crippen MR) is 69.8 cm³/mol. The summed E-state index contributed by atoms with van der Waals surface area (Å²) in [7, 11) is 1.37. The maximum atomic E-state index is 11.5. The zero-order chi connectivity index (χ0) is 13.7. The third-order valence-electron chi connectivity index (χ3n) is 2.74. The highest BCUT2D eigenvalue weighted by Crippen LogP contribution is 2.06. The molecule has 0 aliphatic rings. The van der Waals surface area contributed by atoms with Crippen molar-refractivity contribution in [2.24, 2.45) is 0 Å². The molecule has 0 atom stereocenters. The van der Waals surface area contributed by atoms with E-state index >= 15 is 0 Å². The first-order chi connectivity index (χ1) is 9.19. The third-order valence-corrected chi connectivity index (χ3v) is 2.74. The number of carbonyl (C=O) groups is 1. The topological polar surface area (TPSA) is 61.2 Å². The zero-order valence-corrected chi connectivity index (χ0v) is 10.6. The van der Waals surface area contributed by atoms with Crippen LogP contribution in [0.1, 0.15) is 11.1 Å². The second kappa shape index (κ2) is 5.95. The molecule has 5 heteroatoms. The van der Waals surface area contributed by atoms with Crippen molar-refractivity contribution in [1.29, 1.82) is 0 Å². The molecule has 5 nitrogen and oxygen atoms in total. The van der Waals surface area contributed by atoms with Gasteiger partial charge >= 0.3 is 5.97 Å². The average molecular weight is 258 g/mol. The van der Waals surface area contributed by atoms with Gasteiger partial charge in [-0.15, -0.1) is 0 Å². The minimum atomic E-state index is -0.267. The van der Waals surface area contributed by atoms with Crippen LogP contribution < -0.4 is 5.56 Å². The van der Waals surface area contributed by atoms with Crippen LogP contribution in [-0.4, -0.2) is 22.6 Å². The number of aromatic nitrogens is 2. The van der Waals surface area contributed by atoms with Gasteiger partial charge < -0.3 is 4.74 Å². The van der Waals surface area contributed by atoms with Crippen LogP contribution in [0.2, 0.25) is 0 Å². The Morgan fingerprint density at radius 2 is 1.89 bits per heavy atom. The fourth-order valence-electron chi connectivity index (χ4n) is 1.70. The highest BCUT2D eigenvalue weighted by Gasteiger charge is 2.03. The van der Waals surface area contributed by atoms with Crippen molar-refractivity contribution in [1.82, 2.24) is 9.55 Å². The maximum Gasteiger partial charge on any atom is 0.309 e. The van der Waals surface area contributed by atoms with Gasteiger partial charge in [0.25, 0.3) is 5.56 Å². The van der Waals surface area contributed by atoms with E-state index in [9.17, 15) is 9.59 Å². The Bertz CT molecular complexity index is 617. The molecule has 2 aromatic rings. The van der Waals surface area contributed by atoms with E-state index < -0.39 is 0 Å². The van der Waals surface area contributed by atoms with E-state index in [4.69, 9.17) is 0 Å². The second-order valence-electron chi connectivity index (χ2n) is 4.12. The molecule has 0 aliphatic heterocycles. The summed E-state index contributed by atoms with van der Waals surface area (Å²) < 4.78 is 6.13. The number of rotatable bonds is 4. The van der Waals surface area contributed by atoms with Crippen LogP contribution in [0, 0.1) is 0 Å². The van der Waals surface area contributed by atoms with Crippen molar-refractivity contribution < 1.29 is 9.53 Å². The van der Waals surface area contributed by atoms with Crippen LogP contribution in [-0.2, 0) is 22.5 Å². The van der Waals surface area contributed by atoms with Gasteiger partial charge in [-0.05, 0) is 11.1 Å². The predicted octanol–water partition coefficient (Wildman–Crippen LogP) is 1.01. The number of hydrogen-bond acceptors (Lipinski definition) is 4. The Kier molecular flexibility index (Phi) is 4.07. The van der Waals surface area contributed by atoms with Gasteiger partial charge in [0.15, 0.2) is 0 Å². The summed E-state index contributed by atoms with van der Waals surface area (Å²) in [5.41, 5.74) is 1.77. The summed E-state index contributed by atoms with van der Waals surface area (Å²) in [5.74, 6) is -0.267. The van der Waals surface area contributed by atoms with Gasteiger partial charge in [0.05, 0.1) is 26.4 Å². The van der Waals surface area contributed by atoms with Crippen LogP contribution >= 0.6 is 0 Å². The Morgan fingerprint density at radius 3 is 2.53 bits per heavy atom. The van der Waals surface area contributed by atoms with E-state index in [0.29, 0.717) is 6.54 Å². The minimum absolute atomic E-state index is 0.0892. The first-order valence-corrected chi connectivity index (χ1v) is 5.84. The molecule has 0 bridgehead atoms. The van der Waals surface area contributed by atoms with Gasteiger partial charge in [0.2, 0.25) is 0 Å². The number of hydrogen-bond donors (Lipinski definition) is 0. The van der Waals surface area contributed by atoms with E-state index in [0.717, 1.165) is 11.1 Å². The van der Waals surface area contributed by atoms with E-state index in [2.05, 4.69) is 9.72 Å².